The van der Waals surface area contributed by atoms with Crippen LogP contribution in [0.15, 0.2) is 42.5 Å². The summed E-state index contributed by atoms with van der Waals surface area (Å²) >= 11 is 5.83. The van der Waals surface area contributed by atoms with Crippen molar-refractivity contribution in [3.63, 3.8) is 0 Å². The van der Waals surface area contributed by atoms with E-state index in [9.17, 15) is 18.4 Å². The number of anilines is 1. The molecule has 1 heterocycles. The lowest BCUT2D eigenvalue weighted by molar-refractivity contribution is 0.0859. The van der Waals surface area contributed by atoms with E-state index in [1.807, 2.05) is 0 Å². The Morgan fingerprint density at radius 2 is 1.69 bits per heavy atom. The Bertz CT molecular complexity index is 819. The minimum absolute atomic E-state index is 0.0336. The van der Waals surface area contributed by atoms with Crippen LogP contribution in [0.1, 0.15) is 23.2 Å². The van der Waals surface area contributed by atoms with Gasteiger partial charge in [-0.05, 0) is 49.2 Å². The van der Waals surface area contributed by atoms with Crippen LogP contribution in [0.3, 0.4) is 0 Å². The van der Waals surface area contributed by atoms with Crippen LogP contribution < -0.4 is 5.32 Å². The van der Waals surface area contributed by atoms with Crippen LogP contribution in [0.2, 0.25) is 5.02 Å². The van der Waals surface area contributed by atoms with Crippen molar-refractivity contribution in [3.8, 4) is 0 Å². The number of hydrogen-bond donors (Lipinski definition) is 1. The predicted molar refractivity (Wildman–Crippen MR) is 95.5 cm³/mol. The summed E-state index contributed by atoms with van der Waals surface area (Å²) < 4.78 is 26.6. The Kier molecular flexibility index (Phi) is 5.52. The molecule has 26 heavy (non-hydrogen) atoms. The van der Waals surface area contributed by atoms with Crippen LogP contribution in [0, 0.1) is 17.6 Å². The Labute approximate surface area is 154 Å². The molecule has 3 rings (SSSR count). The molecule has 2 amide bonds. The van der Waals surface area contributed by atoms with Gasteiger partial charge >= 0.3 is 6.03 Å². The lowest BCUT2D eigenvalue weighted by atomic mass is 9.89. The fourth-order valence-electron chi connectivity index (χ4n) is 2.98. The Hall–Kier alpha value is -2.47. The standard InChI is InChI=1S/C19H17ClF2N2O2/c20-14-3-1-12(2-4-14)18(25)13-7-9-24(10-8-13)19(26)23-17-6-5-15(21)11-16(17)22/h1-6,11,13H,7-10H2,(H,23,26). The Morgan fingerprint density at radius 3 is 2.31 bits per heavy atom. The minimum atomic E-state index is -0.828. The molecule has 4 nitrogen and oxygen atoms in total. The largest absolute Gasteiger partial charge is 0.324 e. The van der Waals surface area contributed by atoms with Crippen LogP contribution in [-0.2, 0) is 0 Å². The number of halogens is 3. The molecule has 1 aliphatic rings. The summed E-state index contributed by atoms with van der Waals surface area (Å²) in [4.78, 5) is 26.3. The number of Topliss-reactive ketones (excluding diaryl/α,β-unsaturated/α-hetero) is 1. The topological polar surface area (TPSA) is 49.4 Å². The number of urea groups is 1. The lowest BCUT2D eigenvalue weighted by Crippen LogP contribution is -2.42. The van der Waals surface area contributed by atoms with E-state index in [2.05, 4.69) is 5.32 Å². The second-order valence-corrected chi connectivity index (χ2v) is 6.62. The van der Waals surface area contributed by atoms with Crippen LogP contribution in [0.5, 0.6) is 0 Å². The number of rotatable bonds is 3. The molecule has 0 unspecified atom stereocenters. The number of carbonyl (C=O) groups is 2. The zero-order chi connectivity index (χ0) is 18.7. The second kappa shape index (κ2) is 7.83. The smallest absolute Gasteiger partial charge is 0.321 e. The van der Waals surface area contributed by atoms with Crippen molar-refractivity contribution in [1.29, 1.82) is 0 Å². The molecule has 1 aliphatic heterocycles. The van der Waals surface area contributed by atoms with Crippen LogP contribution in [-0.4, -0.2) is 29.8 Å². The third-order valence-corrected chi connectivity index (χ3v) is 4.71. The van der Waals surface area contributed by atoms with Crippen molar-refractivity contribution in [2.24, 2.45) is 5.92 Å². The van der Waals surface area contributed by atoms with E-state index < -0.39 is 17.7 Å². The number of nitrogens with one attached hydrogen (secondary N) is 1. The summed E-state index contributed by atoms with van der Waals surface area (Å²) in [5.74, 6) is -1.66. The van der Waals surface area contributed by atoms with Gasteiger partial charge in [0.25, 0.3) is 0 Å². The minimum Gasteiger partial charge on any atom is -0.324 e. The zero-order valence-electron chi connectivity index (χ0n) is 13.8. The summed E-state index contributed by atoms with van der Waals surface area (Å²) in [5.41, 5.74) is 0.529. The van der Waals surface area contributed by atoms with Gasteiger partial charge in [0.15, 0.2) is 5.78 Å². The van der Waals surface area contributed by atoms with Crippen molar-refractivity contribution in [3.05, 3.63) is 64.7 Å². The van der Waals surface area contributed by atoms with E-state index in [0.717, 1.165) is 6.07 Å². The lowest BCUT2D eigenvalue weighted by Gasteiger charge is -2.31. The molecule has 1 N–H and O–H groups in total. The Balaban J connectivity index is 1.56. The van der Waals surface area contributed by atoms with Gasteiger partial charge in [-0.1, -0.05) is 11.6 Å². The molecule has 0 aliphatic carbocycles. The summed E-state index contributed by atoms with van der Waals surface area (Å²) in [6.45, 7) is 0.775. The Morgan fingerprint density at radius 1 is 1.04 bits per heavy atom. The maximum absolute atomic E-state index is 13.6. The summed E-state index contributed by atoms with van der Waals surface area (Å²) in [5, 5.41) is 3.01. The molecular formula is C19H17ClF2N2O2. The summed E-state index contributed by atoms with van der Waals surface area (Å²) in [6.07, 6.45) is 1.06. The maximum Gasteiger partial charge on any atom is 0.321 e. The maximum atomic E-state index is 13.6. The second-order valence-electron chi connectivity index (χ2n) is 6.19. The first-order valence-electron chi connectivity index (χ1n) is 8.25. The molecule has 0 atom stereocenters. The quantitative estimate of drug-likeness (QED) is 0.784. The number of amides is 2. The number of likely N-dealkylation sites (tertiary alicyclic amines) is 1. The first-order chi connectivity index (χ1) is 12.4. The molecule has 0 saturated carbocycles. The number of ketones is 1. The number of carbonyl (C=O) groups excluding carboxylic acids is 2. The summed E-state index contributed by atoms with van der Waals surface area (Å²) in [7, 11) is 0. The highest BCUT2D eigenvalue weighted by Gasteiger charge is 2.28. The average molecular weight is 379 g/mol. The van der Waals surface area contributed by atoms with Crippen molar-refractivity contribution < 1.29 is 18.4 Å². The SMILES string of the molecule is O=C(c1ccc(Cl)cc1)C1CCN(C(=O)Nc2ccc(F)cc2F)CC1. The van der Waals surface area contributed by atoms with Gasteiger partial charge in [-0.2, -0.15) is 0 Å². The molecule has 0 aromatic heterocycles. The van der Waals surface area contributed by atoms with Gasteiger partial charge in [0, 0.05) is 35.7 Å². The first kappa shape index (κ1) is 18.3. The summed E-state index contributed by atoms with van der Waals surface area (Å²) in [6, 6.07) is 9.25. The number of nitrogens with zero attached hydrogens (tertiary/aromatic N) is 1. The van der Waals surface area contributed by atoms with Crippen molar-refractivity contribution in [2.45, 2.75) is 12.8 Å². The van der Waals surface area contributed by atoms with Crippen molar-refractivity contribution in [1.82, 2.24) is 4.90 Å². The van der Waals surface area contributed by atoms with Gasteiger partial charge in [0.05, 0.1) is 5.69 Å². The van der Waals surface area contributed by atoms with E-state index in [-0.39, 0.29) is 17.4 Å². The van der Waals surface area contributed by atoms with Crippen molar-refractivity contribution >= 4 is 29.1 Å². The van der Waals surface area contributed by atoms with Gasteiger partial charge in [-0.3, -0.25) is 4.79 Å². The molecule has 1 saturated heterocycles. The van der Waals surface area contributed by atoms with Gasteiger partial charge in [0.2, 0.25) is 0 Å². The van der Waals surface area contributed by atoms with Crippen LogP contribution >= 0.6 is 11.6 Å². The van der Waals surface area contributed by atoms with Crippen LogP contribution in [0.25, 0.3) is 0 Å². The molecular weight excluding hydrogens is 362 g/mol. The molecule has 2 aromatic carbocycles. The molecule has 2 aromatic rings. The highest BCUT2D eigenvalue weighted by atomic mass is 35.5. The molecule has 136 valence electrons. The van der Waals surface area contributed by atoms with Gasteiger partial charge in [0.1, 0.15) is 11.6 Å². The predicted octanol–water partition coefficient (Wildman–Crippen LogP) is 4.75. The average Bonchev–Trinajstić information content (AvgIpc) is 2.64. The van der Waals surface area contributed by atoms with E-state index in [0.29, 0.717) is 42.6 Å². The van der Waals surface area contributed by atoms with E-state index in [1.165, 1.54) is 11.0 Å². The fourth-order valence-corrected chi connectivity index (χ4v) is 3.11. The van der Waals surface area contributed by atoms with Gasteiger partial charge in [-0.25, -0.2) is 13.6 Å². The molecule has 0 spiro atoms. The number of piperidine rings is 1. The zero-order valence-corrected chi connectivity index (χ0v) is 14.6. The highest BCUT2D eigenvalue weighted by molar-refractivity contribution is 6.30. The third kappa shape index (κ3) is 4.19. The van der Waals surface area contributed by atoms with Gasteiger partial charge in [-0.15, -0.1) is 0 Å². The van der Waals surface area contributed by atoms with Crippen molar-refractivity contribution in [2.75, 3.05) is 18.4 Å². The molecule has 0 radical (unpaired) electrons. The first-order valence-corrected chi connectivity index (χ1v) is 8.62. The van der Waals surface area contributed by atoms with E-state index >= 15 is 0 Å². The molecule has 0 bridgehead atoms. The molecule has 1 fully saturated rings. The van der Waals surface area contributed by atoms with Crippen LogP contribution in [0.4, 0.5) is 19.3 Å². The van der Waals surface area contributed by atoms with E-state index in [4.69, 9.17) is 11.6 Å². The van der Waals surface area contributed by atoms with Gasteiger partial charge < -0.3 is 10.2 Å². The molecule has 7 heteroatoms. The normalized spacial score (nSPS) is 15.0. The number of benzene rings is 2. The third-order valence-electron chi connectivity index (χ3n) is 4.45. The van der Waals surface area contributed by atoms with E-state index in [1.54, 1.807) is 24.3 Å². The monoisotopic (exact) mass is 378 g/mol. The number of hydrogen-bond acceptors (Lipinski definition) is 2. The fraction of sp³-hybridized carbons (Fsp3) is 0.263. The highest BCUT2D eigenvalue weighted by Crippen LogP contribution is 2.24.